The molecule has 5 heteroatoms. The van der Waals surface area contributed by atoms with Crippen LogP contribution >= 0.6 is 27.3 Å². The monoisotopic (exact) mass is 328 g/mol. The first-order valence-corrected chi connectivity index (χ1v) is 7.12. The molecule has 0 saturated carbocycles. The number of hydrazine groups is 1. The fourth-order valence-corrected chi connectivity index (χ4v) is 3.52. The summed E-state index contributed by atoms with van der Waals surface area (Å²) in [6.07, 6.45) is 0. The molecule has 2 rings (SSSR count). The number of rotatable bonds is 3. The summed E-state index contributed by atoms with van der Waals surface area (Å²) in [4.78, 5) is 1.07. The molecule has 0 saturated heterocycles. The number of nitrogens with two attached hydrogens (primary N) is 1. The van der Waals surface area contributed by atoms with Gasteiger partial charge < -0.3 is 0 Å². The lowest BCUT2D eigenvalue weighted by atomic mass is 10.00. The quantitative estimate of drug-likeness (QED) is 0.664. The van der Waals surface area contributed by atoms with E-state index in [2.05, 4.69) is 27.4 Å². The average molecular weight is 329 g/mol. The molecule has 0 bridgehead atoms. The van der Waals surface area contributed by atoms with Crippen molar-refractivity contribution in [1.82, 2.24) is 5.43 Å². The van der Waals surface area contributed by atoms with E-state index in [0.717, 1.165) is 25.4 Å². The van der Waals surface area contributed by atoms with Crippen LogP contribution in [0, 0.1) is 19.7 Å². The Kier molecular flexibility index (Phi) is 4.17. The Morgan fingerprint density at radius 1 is 1.28 bits per heavy atom. The predicted octanol–water partition coefficient (Wildman–Crippen LogP) is 3.82. The van der Waals surface area contributed by atoms with Crippen LogP contribution in [0.1, 0.15) is 27.6 Å². The highest BCUT2D eigenvalue weighted by Crippen LogP contribution is 2.35. The third kappa shape index (κ3) is 2.64. The number of aryl methyl sites for hydroxylation is 2. The van der Waals surface area contributed by atoms with Gasteiger partial charge in [-0.1, -0.05) is 6.07 Å². The van der Waals surface area contributed by atoms with Gasteiger partial charge >= 0.3 is 0 Å². The van der Waals surface area contributed by atoms with Crippen molar-refractivity contribution in [3.05, 3.63) is 55.4 Å². The van der Waals surface area contributed by atoms with Crippen molar-refractivity contribution in [3.63, 3.8) is 0 Å². The third-order valence-corrected chi connectivity index (χ3v) is 5.08. The Morgan fingerprint density at radius 3 is 2.56 bits per heavy atom. The molecule has 3 N–H and O–H groups in total. The van der Waals surface area contributed by atoms with E-state index < -0.39 is 0 Å². The minimum atomic E-state index is -0.247. The SMILES string of the molecule is Cc1ccc(F)cc1C(NN)c1cc(C)c(Br)s1. The van der Waals surface area contributed by atoms with Crippen LogP contribution in [0.3, 0.4) is 0 Å². The topological polar surface area (TPSA) is 38.0 Å². The normalized spacial score (nSPS) is 12.7. The standard InChI is InChI=1S/C13H14BrFN2S/c1-7-3-4-9(15)6-10(7)12(17-16)11-5-8(2)13(14)18-11/h3-6,12,17H,16H2,1-2H3. The van der Waals surface area contributed by atoms with E-state index in [9.17, 15) is 4.39 Å². The van der Waals surface area contributed by atoms with Crippen LogP contribution in [0.2, 0.25) is 0 Å². The summed E-state index contributed by atoms with van der Waals surface area (Å²) < 4.78 is 14.4. The molecule has 0 aliphatic carbocycles. The van der Waals surface area contributed by atoms with Gasteiger partial charge in [0.2, 0.25) is 0 Å². The first kappa shape index (κ1) is 13.7. The molecule has 1 unspecified atom stereocenters. The molecule has 1 atom stereocenters. The first-order chi connectivity index (χ1) is 8.52. The molecular formula is C13H14BrFN2S. The third-order valence-electron chi connectivity index (χ3n) is 2.88. The number of nitrogens with one attached hydrogen (secondary N) is 1. The fraction of sp³-hybridized carbons (Fsp3) is 0.231. The Bertz CT molecular complexity index is 549. The zero-order chi connectivity index (χ0) is 13.3. The average Bonchev–Trinajstić information content (AvgIpc) is 2.65. The van der Waals surface area contributed by atoms with Gasteiger partial charge in [0, 0.05) is 4.88 Å². The van der Waals surface area contributed by atoms with Gasteiger partial charge in [0.05, 0.1) is 9.83 Å². The Balaban J connectivity index is 2.48. The summed E-state index contributed by atoms with van der Waals surface area (Å²) in [7, 11) is 0. The molecule has 0 spiro atoms. The van der Waals surface area contributed by atoms with Gasteiger partial charge in [-0.3, -0.25) is 5.84 Å². The maximum Gasteiger partial charge on any atom is 0.123 e. The van der Waals surface area contributed by atoms with E-state index >= 15 is 0 Å². The van der Waals surface area contributed by atoms with Crippen molar-refractivity contribution >= 4 is 27.3 Å². The van der Waals surface area contributed by atoms with E-state index in [0.29, 0.717) is 0 Å². The number of thiophene rings is 1. The van der Waals surface area contributed by atoms with Crippen LogP contribution in [-0.2, 0) is 0 Å². The zero-order valence-corrected chi connectivity index (χ0v) is 12.5. The molecule has 2 nitrogen and oxygen atoms in total. The molecule has 2 aromatic rings. The van der Waals surface area contributed by atoms with Crippen molar-refractivity contribution < 1.29 is 4.39 Å². The van der Waals surface area contributed by atoms with Crippen LogP contribution in [0.25, 0.3) is 0 Å². The van der Waals surface area contributed by atoms with E-state index in [1.54, 1.807) is 17.4 Å². The Labute approximate surface area is 118 Å². The van der Waals surface area contributed by atoms with Gasteiger partial charge in [-0.05, 0) is 64.7 Å². The minimum Gasteiger partial charge on any atom is -0.271 e. The molecule has 18 heavy (non-hydrogen) atoms. The largest absolute Gasteiger partial charge is 0.271 e. The zero-order valence-electron chi connectivity index (χ0n) is 10.1. The maximum absolute atomic E-state index is 13.4. The van der Waals surface area contributed by atoms with Crippen molar-refractivity contribution in [2.75, 3.05) is 0 Å². The van der Waals surface area contributed by atoms with Crippen molar-refractivity contribution in [3.8, 4) is 0 Å². The summed E-state index contributed by atoms with van der Waals surface area (Å²) in [5, 5.41) is 0. The van der Waals surface area contributed by atoms with E-state index in [1.807, 2.05) is 13.8 Å². The second-order valence-electron chi connectivity index (χ2n) is 4.21. The number of hydrogen-bond acceptors (Lipinski definition) is 3. The smallest absolute Gasteiger partial charge is 0.123 e. The number of benzene rings is 1. The molecule has 1 aromatic carbocycles. The maximum atomic E-state index is 13.4. The highest BCUT2D eigenvalue weighted by molar-refractivity contribution is 9.11. The lowest BCUT2D eigenvalue weighted by Gasteiger charge is -2.17. The summed E-state index contributed by atoms with van der Waals surface area (Å²) in [6, 6.07) is 6.63. The molecule has 0 aliphatic heterocycles. The van der Waals surface area contributed by atoms with Gasteiger partial charge in [-0.15, -0.1) is 11.3 Å². The molecule has 0 fully saturated rings. The second kappa shape index (κ2) is 5.48. The number of hydrogen-bond donors (Lipinski definition) is 2. The van der Waals surface area contributed by atoms with Crippen LogP contribution < -0.4 is 11.3 Å². The van der Waals surface area contributed by atoms with Crippen LogP contribution in [-0.4, -0.2) is 0 Å². The lowest BCUT2D eigenvalue weighted by Crippen LogP contribution is -2.28. The molecule has 0 aliphatic rings. The van der Waals surface area contributed by atoms with Crippen LogP contribution in [0.4, 0.5) is 4.39 Å². The van der Waals surface area contributed by atoms with Crippen molar-refractivity contribution in [1.29, 1.82) is 0 Å². The van der Waals surface area contributed by atoms with Gasteiger partial charge in [0.25, 0.3) is 0 Å². The molecule has 1 heterocycles. The van der Waals surface area contributed by atoms with E-state index in [4.69, 9.17) is 5.84 Å². The Hall–Kier alpha value is -0.750. The fourth-order valence-electron chi connectivity index (χ4n) is 1.87. The summed E-state index contributed by atoms with van der Waals surface area (Å²) in [6.45, 7) is 3.98. The molecular weight excluding hydrogens is 315 g/mol. The lowest BCUT2D eigenvalue weighted by molar-refractivity contribution is 0.606. The van der Waals surface area contributed by atoms with Gasteiger partial charge in [0.15, 0.2) is 0 Å². The highest BCUT2D eigenvalue weighted by Gasteiger charge is 2.18. The van der Waals surface area contributed by atoms with Gasteiger partial charge in [-0.25, -0.2) is 9.82 Å². The summed E-state index contributed by atoms with van der Waals surface area (Å²) in [5.74, 6) is 5.39. The highest BCUT2D eigenvalue weighted by atomic mass is 79.9. The Morgan fingerprint density at radius 2 is 2.00 bits per heavy atom. The summed E-state index contributed by atoms with van der Waals surface area (Å²) >= 11 is 5.10. The van der Waals surface area contributed by atoms with Crippen molar-refractivity contribution in [2.45, 2.75) is 19.9 Å². The van der Waals surface area contributed by atoms with Gasteiger partial charge in [0.1, 0.15) is 5.82 Å². The second-order valence-corrected chi connectivity index (χ2v) is 6.61. The molecule has 0 radical (unpaired) electrons. The van der Waals surface area contributed by atoms with Crippen LogP contribution in [0.5, 0.6) is 0 Å². The minimum absolute atomic E-state index is 0.185. The molecule has 96 valence electrons. The van der Waals surface area contributed by atoms with Crippen LogP contribution in [0.15, 0.2) is 28.1 Å². The molecule has 1 aromatic heterocycles. The van der Waals surface area contributed by atoms with E-state index in [1.165, 1.54) is 12.1 Å². The van der Waals surface area contributed by atoms with Gasteiger partial charge in [-0.2, -0.15) is 0 Å². The van der Waals surface area contributed by atoms with E-state index in [-0.39, 0.29) is 11.9 Å². The predicted molar refractivity (Wildman–Crippen MR) is 77.1 cm³/mol. The first-order valence-electron chi connectivity index (χ1n) is 5.51. The number of halogens is 2. The summed E-state index contributed by atoms with van der Waals surface area (Å²) in [5.41, 5.74) is 5.81. The van der Waals surface area contributed by atoms with Crippen molar-refractivity contribution in [2.24, 2.45) is 5.84 Å². The molecule has 0 amide bonds.